The highest BCUT2D eigenvalue weighted by molar-refractivity contribution is 5.78. The molecule has 0 aliphatic carbocycles. The Kier molecular flexibility index (Phi) is 7.90. The molecule has 0 radical (unpaired) electrons. The first-order valence-electron chi connectivity index (χ1n) is 8.41. The van der Waals surface area contributed by atoms with Gasteiger partial charge in [-0.25, -0.2) is 0 Å². The third-order valence-corrected chi connectivity index (χ3v) is 3.82. The fraction of sp³-hybridized carbons (Fsp3) is 0.529. The lowest BCUT2D eigenvalue weighted by molar-refractivity contribution is -0.198. The highest BCUT2D eigenvalue weighted by Crippen LogP contribution is 2.37. The van der Waals surface area contributed by atoms with E-state index < -0.39 is 59.6 Å². The number of benzene rings is 1. The van der Waals surface area contributed by atoms with E-state index in [0.29, 0.717) is 12.1 Å². The van der Waals surface area contributed by atoms with Crippen LogP contribution in [0.5, 0.6) is 0 Å². The van der Waals surface area contributed by atoms with E-state index >= 15 is 0 Å². The number of alkyl halides is 6. The summed E-state index contributed by atoms with van der Waals surface area (Å²) in [5, 5.41) is 12.2. The molecule has 1 aromatic carbocycles. The van der Waals surface area contributed by atoms with E-state index in [1.807, 2.05) is 0 Å². The van der Waals surface area contributed by atoms with Gasteiger partial charge in [-0.1, -0.05) is 6.92 Å². The Balaban J connectivity index is 3.02. The summed E-state index contributed by atoms with van der Waals surface area (Å²) in [5.41, 5.74) is -3.46. The van der Waals surface area contributed by atoms with Gasteiger partial charge < -0.3 is 15.3 Å². The monoisotopic (exact) mass is 430 g/mol. The van der Waals surface area contributed by atoms with Gasteiger partial charge in [-0.2, -0.15) is 26.3 Å². The van der Waals surface area contributed by atoms with Crippen LogP contribution in [0.4, 0.5) is 32.0 Å². The van der Waals surface area contributed by atoms with Crippen LogP contribution in [-0.4, -0.2) is 34.8 Å². The summed E-state index contributed by atoms with van der Waals surface area (Å²) in [5.74, 6) is -3.16. The molecule has 1 rings (SSSR count). The number of rotatable bonds is 8. The van der Waals surface area contributed by atoms with Gasteiger partial charge in [0.15, 0.2) is 0 Å². The summed E-state index contributed by atoms with van der Waals surface area (Å²) < 4.78 is 77.6. The number of hydrogen-bond acceptors (Lipinski definition) is 5. The van der Waals surface area contributed by atoms with Gasteiger partial charge in [-0.05, 0) is 32.0 Å². The van der Waals surface area contributed by atoms with Crippen LogP contribution in [0.2, 0.25) is 0 Å². The number of hydrogen-bond donors (Lipinski definition) is 2. The molecule has 2 unspecified atom stereocenters. The summed E-state index contributed by atoms with van der Waals surface area (Å²) in [4.78, 5) is 27.5. The van der Waals surface area contributed by atoms with E-state index in [-0.39, 0.29) is 12.6 Å². The Hall–Kier alpha value is -2.50. The second kappa shape index (κ2) is 9.33. The Bertz CT molecular complexity index is 703. The second-order valence-electron chi connectivity index (χ2n) is 6.25. The second-order valence-corrected chi connectivity index (χ2v) is 6.25. The number of carbonyl (C=O) groups excluding carboxylic acids is 1. The molecular weight excluding hydrogens is 410 g/mol. The van der Waals surface area contributed by atoms with Gasteiger partial charge in [-0.3, -0.25) is 9.59 Å². The van der Waals surface area contributed by atoms with Crippen LogP contribution in [0, 0.1) is 5.92 Å². The molecule has 0 heterocycles. The smallest absolute Gasteiger partial charge is 0.416 e. The molecule has 0 spiro atoms. The minimum atomic E-state index is -5.00. The molecule has 0 aliphatic rings. The van der Waals surface area contributed by atoms with Crippen molar-refractivity contribution in [2.45, 2.75) is 45.7 Å². The summed E-state index contributed by atoms with van der Waals surface area (Å²) in [6.07, 6.45) is -11.5. The normalized spacial score (nSPS) is 14.4. The Labute approximate surface area is 162 Å². The maximum Gasteiger partial charge on any atom is 0.416 e. The lowest BCUT2D eigenvalue weighted by Gasteiger charge is -2.28. The fourth-order valence-electron chi connectivity index (χ4n) is 2.27. The SMILES string of the molecule is CCN(OC(=O)CC(C)C(=O)O)C(C)Nc1cc(C(F)(F)F)cc(C(F)(F)F)c1. The van der Waals surface area contributed by atoms with Gasteiger partial charge in [0.2, 0.25) is 0 Å². The summed E-state index contributed by atoms with van der Waals surface area (Å²) in [6.45, 7) is 4.19. The van der Waals surface area contributed by atoms with Crippen molar-refractivity contribution in [3.8, 4) is 0 Å². The first-order chi connectivity index (χ1) is 13.1. The largest absolute Gasteiger partial charge is 0.481 e. The van der Waals surface area contributed by atoms with Crippen LogP contribution in [0.15, 0.2) is 18.2 Å². The molecule has 0 saturated carbocycles. The van der Waals surface area contributed by atoms with Crippen molar-refractivity contribution >= 4 is 17.6 Å². The highest BCUT2D eigenvalue weighted by atomic mass is 19.4. The summed E-state index contributed by atoms with van der Waals surface area (Å²) in [7, 11) is 0. The molecule has 2 N–H and O–H groups in total. The van der Waals surface area contributed by atoms with Gasteiger partial charge in [0.05, 0.1) is 23.5 Å². The zero-order valence-corrected chi connectivity index (χ0v) is 15.7. The van der Waals surface area contributed by atoms with Gasteiger partial charge in [0.25, 0.3) is 0 Å². The first kappa shape index (κ1) is 24.5. The fourth-order valence-corrected chi connectivity index (χ4v) is 2.27. The van der Waals surface area contributed by atoms with Crippen molar-refractivity contribution in [1.29, 1.82) is 0 Å². The number of nitrogens with zero attached hydrogens (tertiary/aromatic N) is 1. The van der Waals surface area contributed by atoms with Crippen molar-refractivity contribution in [3.05, 3.63) is 29.3 Å². The minimum Gasteiger partial charge on any atom is -0.481 e. The number of aliphatic carboxylic acids is 1. The number of anilines is 1. The lowest BCUT2D eigenvalue weighted by Crippen LogP contribution is -2.40. The van der Waals surface area contributed by atoms with Crippen LogP contribution >= 0.6 is 0 Å². The third-order valence-electron chi connectivity index (χ3n) is 3.82. The average molecular weight is 430 g/mol. The molecule has 29 heavy (non-hydrogen) atoms. The molecule has 0 amide bonds. The summed E-state index contributed by atoms with van der Waals surface area (Å²) >= 11 is 0. The van der Waals surface area contributed by atoms with Gasteiger partial charge >= 0.3 is 24.3 Å². The van der Waals surface area contributed by atoms with Crippen molar-refractivity contribution in [1.82, 2.24) is 5.06 Å². The Morgan fingerprint density at radius 2 is 1.55 bits per heavy atom. The van der Waals surface area contributed by atoms with Crippen LogP contribution in [0.1, 0.15) is 38.3 Å². The molecular formula is C17H20F6N2O4. The van der Waals surface area contributed by atoms with E-state index in [9.17, 15) is 35.9 Å². The molecule has 0 bridgehead atoms. The van der Waals surface area contributed by atoms with Crippen molar-refractivity contribution < 1.29 is 45.9 Å². The van der Waals surface area contributed by atoms with E-state index in [0.717, 1.165) is 5.06 Å². The van der Waals surface area contributed by atoms with Crippen LogP contribution < -0.4 is 5.32 Å². The molecule has 6 nitrogen and oxygen atoms in total. The van der Waals surface area contributed by atoms with Crippen LogP contribution in [-0.2, 0) is 26.8 Å². The maximum absolute atomic E-state index is 12.9. The van der Waals surface area contributed by atoms with Crippen molar-refractivity contribution in [2.24, 2.45) is 5.92 Å². The third kappa shape index (κ3) is 7.44. The van der Waals surface area contributed by atoms with E-state index in [1.165, 1.54) is 20.8 Å². The molecule has 1 aromatic rings. The number of nitrogens with one attached hydrogen (secondary N) is 1. The number of carboxylic acid groups (broad SMARTS) is 1. The predicted molar refractivity (Wildman–Crippen MR) is 89.4 cm³/mol. The van der Waals surface area contributed by atoms with E-state index in [1.54, 1.807) is 0 Å². The van der Waals surface area contributed by atoms with Gasteiger partial charge in [0.1, 0.15) is 6.17 Å². The van der Waals surface area contributed by atoms with Crippen LogP contribution in [0.25, 0.3) is 0 Å². The number of carbonyl (C=O) groups is 2. The van der Waals surface area contributed by atoms with Crippen molar-refractivity contribution in [3.63, 3.8) is 0 Å². The first-order valence-corrected chi connectivity index (χ1v) is 8.41. The quantitative estimate of drug-likeness (QED) is 0.362. The van der Waals surface area contributed by atoms with Gasteiger partial charge in [0, 0.05) is 12.2 Å². The maximum atomic E-state index is 12.9. The molecule has 164 valence electrons. The van der Waals surface area contributed by atoms with E-state index in [2.05, 4.69) is 5.32 Å². The molecule has 2 atom stereocenters. The number of hydroxylamine groups is 2. The van der Waals surface area contributed by atoms with E-state index in [4.69, 9.17) is 9.94 Å². The molecule has 12 heteroatoms. The molecule has 0 fully saturated rings. The zero-order chi connectivity index (χ0) is 22.6. The van der Waals surface area contributed by atoms with Crippen molar-refractivity contribution in [2.75, 3.05) is 11.9 Å². The Morgan fingerprint density at radius 3 is 1.93 bits per heavy atom. The average Bonchev–Trinajstić information content (AvgIpc) is 2.57. The number of carboxylic acids is 1. The minimum absolute atomic E-state index is 0.000745. The molecule has 0 aliphatic heterocycles. The number of halogens is 6. The van der Waals surface area contributed by atoms with Gasteiger partial charge in [-0.15, -0.1) is 5.06 Å². The standard InChI is InChI=1S/C17H20F6N2O4/c1-4-25(29-14(26)5-9(2)15(27)28)10(3)24-13-7-11(16(18,19)20)6-12(8-13)17(21,22)23/h6-10,24H,4-5H2,1-3H3,(H,27,28). The summed E-state index contributed by atoms with van der Waals surface area (Å²) in [6, 6.07) is 1.02. The molecule has 0 aromatic heterocycles. The topological polar surface area (TPSA) is 78.9 Å². The lowest BCUT2D eigenvalue weighted by atomic mass is 10.1. The zero-order valence-electron chi connectivity index (χ0n) is 15.7. The Morgan fingerprint density at radius 1 is 1.07 bits per heavy atom. The van der Waals surface area contributed by atoms with Crippen LogP contribution in [0.3, 0.4) is 0 Å². The molecule has 0 saturated heterocycles. The predicted octanol–water partition coefficient (Wildman–Crippen LogP) is 4.37. The highest BCUT2D eigenvalue weighted by Gasteiger charge is 2.37.